The highest BCUT2D eigenvalue weighted by Crippen LogP contribution is 2.25. The summed E-state index contributed by atoms with van der Waals surface area (Å²) in [5, 5.41) is 2.04. The summed E-state index contributed by atoms with van der Waals surface area (Å²) < 4.78 is 0.938. The van der Waals surface area contributed by atoms with Crippen LogP contribution in [0.4, 0.5) is 0 Å². The Bertz CT molecular complexity index is 560. The maximum Gasteiger partial charge on any atom is 0.254 e. The van der Waals surface area contributed by atoms with Gasteiger partial charge in [0.05, 0.1) is 6.04 Å². The summed E-state index contributed by atoms with van der Waals surface area (Å²) in [6, 6.07) is 9.95. The molecule has 1 atom stereocenters. The van der Waals surface area contributed by atoms with Crippen LogP contribution in [0.3, 0.4) is 0 Å². The van der Waals surface area contributed by atoms with Crippen LogP contribution in [0.1, 0.15) is 33.8 Å². The first-order chi connectivity index (χ1) is 8.99. The Morgan fingerprint density at radius 3 is 2.68 bits per heavy atom. The van der Waals surface area contributed by atoms with Crippen molar-refractivity contribution in [2.24, 2.45) is 0 Å². The molecule has 0 aliphatic heterocycles. The van der Waals surface area contributed by atoms with Crippen LogP contribution in [0.15, 0.2) is 40.2 Å². The van der Waals surface area contributed by atoms with Gasteiger partial charge in [0.25, 0.3) is 5.91 Å². The molecule has 0 fully saturated rings. The number of halogens is 1. The SMILES string of the molecule is Cc1cc(Br)cc(C(=O)N(C)C(C)c2cccs2)c1. The standard InChI is InChI=1S/C15H16BrNOS/c1-10-7-12(9-13(16)8-10)15(18)17(3)11(2)14-5-4-6-19-14/h4-9,11H,1-3H3. The van der Waals surface area contributed by atoms with Crippen LogP contribution in [0.2, 0.25) is 0 Å². The summed E-state index contributed by atoms with van der Waals surface area (Å²) in [5.74, 6) is 0.0466. The van der Waals surface area contributed by atoms with Crippen molar-refractivity contribution in [3.05, 3.63) is 56.2 Å². The van der Waals surface area contributed by atoms with Gasteiger partial charge in [0.15, 0.2) is 0 Å². The van der Waals surface area contributed by atoms with Crippen LogP contribution in [0.5, 0.6) is 0 Å². The van der Waals surface area contributed by atoms with Crippen LogP contribution >= 0.6 is 27.3 Å². The van der Waals surface area contributed by atoms with E-state index >= 15 is 0 Å². The molecule has 1 aromatic carbocycles. The third kappa shape index (κ3) is 3.25. The highest BCUT2D eigenvalue weighted by molar-refractivity contribution is 9.10. The second-order valence-electron chi connectivity index (χ2n) is 4.62. The molecule has 19 heavy (non-hydrogen) atoms. The molecule has 0 saturated carbocycles. The van der Waals surface area contributed by atoms with Crippen molar-refractivity contribution in [3.63, 3.8) is 0 Å². The van der Waals surface area contributed by atoms with Crippen molar-refractivity contribution in [1.82, 2.24) is 4.90 Å². The summed E-state index contributed by atoms with van der Waals surface area (Å²) in [6.07, 6.45) is 0. The molecule has 1 unspecified atom stereocenters. The number of aryl methyl sites for hydroxylation is 1. The Morgan fingerprint density at radius 2 is 2.11 bits per heavy atom. The van der Waals surface area contributed by atoms with Crippen molar-refractivity contribution in [2.45, 2.75) is 19.9 Å². The summed E-state index contributed by atoms with van der Waals surface area (Å²) >= 11 is 5.11. The molecular formula is C15H16BrNOS. The molecule has 2 nitrogen and oxygen atoms in total. The molecule has 100 valence electrons. The van der Waals surface area contributed by atoms with E-state index in [0.29, 0.717) is 0 Å². The molecule has 0 N–H and O–H groups in total. The van der Waals surface area contributed by atoms with Crippen molar-refractivity contribution < 1.29 is 4.79 Å². The average Bonchev–Trinajstić information content (AvgIpc) is 2.88. The Kier molecular flexibility index (Phi) is 4.42. The molecule has 1 heterocycles. The van der Waals surface area contributed by atoms with Crippen LogP contribution in [-0.4, -0.2) is 17.9 Å². The zero-order chi connectivity index (χ0) is 14.0. The number of hydrogen-bond donors (Lipinski definition) is 0. The lowest BCUT2D eigenvalue weighted by atomic mass is 10.1. The lowest BCUT2D eigenvalue weighted by Crippen LogP contribution is -2.29. The number of hydrogen-bond acceptors (Lipinski definition) is 2. The molecule has 0 saturated heterocycles. The second kappa shape index (κ2) is 5.88. The van der Waals surface area contributed by atoms with Crippen LogP contribution in [0.25, 0.3) is 0 Å². The minimum atomic E-state index is 0.0466. The quantitative estimate of drug-likeness (QED) is 0.798. The maximum atomic E-state index is 12.5. The lowest BCUT2D eigenvalue weighted by Gasteiger charge is -2.24. The highest BCUT2D eigenvalue weighted by atomic mass is 79.9. The van der Waals surface area contributed by atoms with Gasteiger partial charge in [-0.2, -0.15) is 0 Å². The van der Waals surface area contributed by atoms with E-state index in [0.717, 1.165) is 15.6 Å². The Morgan fingerprint density at radius 1 is 1.37 bits per heavy atom. The summed E-state index contributed by atoms with van der Waals surface area (Å²) in [4.78, 5) is 15.5. The van der Waals surface area contributed by atoms with E-state index in [1.165, 1.54) is 4.88 Å². The molecule has 0 spiro atoms. The zero-order valence-electron chi connectivity index (χ0n) is 11.2. The molecule has 1 amide bonds. The minimum absolute atomic E-state index is 0.0466. The van der Waals surface area contributed by atoms with Crippen molar-refractivity contribution >= 4 is 33.2 Å². The number of amides is 1. The average molecular weight is 338 g/mol. The zero-order valence-corrected chi connectivity index (χ0v) is 13.6. The van der Waals surface area contributed by atoms with Crippen molar-refractivity contribution in [3.8, 4) is 0 Å². The van der Waals surface area contributed by atoms with Crippen molar-refractivity contribution in [1.29, 1.82) is 0 Å². The van der Waals surface area contributed by atoms with Gasteiger partial charge in [-0.15, -0.1) is 11.3 Å². The number of carbonyl (C=O) groups is 1. The van der Waals surface area contributed by atoms with E-state index in [9.17, 15) is 4.79 Å². The van der Waals surface area contributed by atoms with Gasteiger partial charge >= 0.3 is 0 Å². The van der Waals surface area contributed by atoms with E-state index in [1.807, 2.05) is 43.6 Å². The molecule has 2 rings (SSSR count). The normalized spacial score (nSPS) is 12.2. The number of nitrogens with zero attached hydrogens (tertiary/aromatic N) is 1. The van der Waals surface area contributed by atoms with Gasteiger partial charge in [-0.05, 0) is 49.1 Å². The topological polar surface area (TPSA) is 20.3 Å². The smallest absolute Gasteiger partial charge is 0.254 e. The van der Waals surface area contributed by atoms with Gasteiger partial charge in [-0.25, -0.2) is 0 Å². The molecular weight excluding hydrogens is 322 g/mol. The van der Waals surface area contributed by atoms with Gasteiger partial charge < -0.3 is 4.90 Å². The van der Waals surface area contributed by atoms with E-state index in [4.69, 9.17) is 0 Å². The second-order valence-corrected chi connectivity index (χ2v) is 6.52. The Labute approximate surface area is 126 Å². The number of rotatable bonds is 3. The first-order valence-electron chi connectivity index (χ1n) is 6.07. The van der Waals surface area contributed by atoms with Gasteiger partial charge in [0.1, 0.15) is 0 Å². The first kappa shape index (κ1) is 14.3. The van der Waals surface area contributed by atoms with Gasteiger partial charge in [-0.3, -0.25) is 4.79 Å². The van der Waals surface area contributed by atoms with E-state index in [1.54, 1.807) is 16.2 Å². The number of benzene rings is 1. The van der Waals surface area contributed by atoms with E-state index in [2.05, 4.69) is 28.9 Å². The van der Waals surface area contributed by atoms with Crippen molar-refractivity contribution in [2.75, 3.05) is 7.05 Å². The van der Waals surface area contributed by atoms with E-state index in [-0.39, 0.29) is 11.9 Å². The fraction of sp³-hybridized carbons (Fsp3) is 0.267. The molecule has 0 radical (unpaired) electrons. The molecule has 4 heteroatoms. The van der Waals surface area contributed by atoms with Gasteiger partial charge in [-0.1, -0.05) is 22.0 Å². The predicted molar refractivity (Wildman–Crippen MR) is 83.7 cm³/mol. The van der Waals surface area contributed by atoms with Crippen LogP contribution in [-0.2, 0) is 0 Å². The third-order valence-electron chi connectivity index (χ3n) is 3.15. The molecule has 0 aliphatic carbocycles. The number of thiophene rings is 1. The largest absolute Gasteiger partial charge is 0.334 e. The van der Waals surface area contributed by atoms with Crippen LogP contribution < -0.4 is 0 Å². The Hall–Kier alpha value is -1.13. The molecule has 1 aromatic heterocycles. The summed E-state index contributed by atoms with van der Waals surface area (Å²) in [5.41, 5.74) is 1.80. The summed E-state index contributed by atoms with van der Waals surface area (Å²) in [7, 11) is 1.85. The Balaban J connectivity index is 2.23. The molecule has 0 bridgehead atoms. The fourth-order valence-corrected chi connectivity index (χ4v) is 3.39. The van der Waals surface area contributed by atoms with E-state index < -0.39 is 0 Å². The predicted octanol–water partition coefficient (Wildman–Crippen LogP) is 4.65. The maximum absolute atomic E-state index is 12.5. The fourth-order valence-electron chi connectivity index (χ4n) is 1.96. The van der Waals surface area contributed by atoms with Gasteiger partial charge in [0, 0.05) is 22.0 Å². The molecule has 0 aliphatic rings. The first-order valence-corrected chi connectivity index (χ1v) is 7.74. The molecule has 2 aromatic rings. The monoisotopic (exact) mass is 337 g/mol. The van der Waals surface area contributed by atoms with Gasteiger partial charge in [0.2, 0.25) is 0 Å². The minimum Gasteiger partial charge on any atom is -0.334 e. The highest BCUT2D eigenvalue weighted by Gasteiger charge is 2.19. The summed E-state index contributed by atoms with van der Waals surface area (Å²) in [6.45, 7) is 4.04. The number of carbonyl (C=O) groups excluding carboxylic acids is 1. The van der Waals surface area contributed by atoms with Crippen LogP contribution in [0, 0.1) is 6.92 Å². The third-order valence-corrected chi connectivity index (χ3v) is 4.65. The lowest BCUT2D eigenvalue weighted by molar-refractivity contribution is 0.0745.